The second-order valence-electron chi connectivity index (χ2n) is 4.97. The third-order valence-corrected chi connectivity index (χ3v) is 4.76. The number of hydrogen-bond acceptors (Lipinski definition) is 3. The molecular weight excluding hydrogens is 232 g/mol. The van der Waals surface area contributed by atoms with Gasteiger partial charge in [0, 0.05) is 11.8 Å². The van der Waals surface area contributed by atoms with Gasteiger partial charge < -0.3 is 0 Å². The van der Waals surface area contributed by atoms with Crippen molar-refractivity contribution in [3.8, 4) is 0 Å². The number of rotatable bonds is 4. The molecule has 0 bridgehead atoms. The van der Waals surface area contributed by atoms with Crippen LogP contribution in [0.1, 0.15) is 55.1 Å². The van der Waals surface area contributed by atoms with Crippen LogP contribution in [0, 0.1) is 5.41 Å². The summed E-state index contributed by atoms with van der Waals surface area (Å²) in [7, 11) is 0. The second kappa shape index (κ2) is 5.13. The Kier molecular flexibility index (Phi) is 3.77. The molecule has 17 heavy (non-hydrogen) atoms. The Balaban J connectivity index is 2.13. The predicted molar refractivity (Wildman–Crippen MR) is 69.5 cm³/mol. The van der Waals surface area contributed by atoms with Crippen molar-refractivity contribution in [2.24, 2.45) is 5.41 Å². The summed E-state index contributed by atoms with van der Waals surface area (Å²) in [5, 5.41) is 1.91. The van der Waals surface area contributed by atoms with Gasteiger partial charge in [-0.2, -0.15) is 0 Å². The highest BCUT2D eigenvalue weighted by Gasteiger charge is 2.38. The summed E-state index contributed by atoms with van der Waals surface area (Å²) in [6.07, 6.45) is 5.54. The molecule has 3 heteroatoms. The molecule has 0 radical (unpaired) electrons. The molecule has 0 unspecified atom stereocenters. The average molecular weight is 250 g/mol. The average Bonchev–Trinajstić information content (AvgIpc) is 2.83. The van der Waals surface area contributed by atoms with Crippen LogP contribution in [0.2, 0.25) is 0 Å². The summed E-state index contributed by atoms with van der Waals surface area (Å²) < 4.78 is 0. The maximum absolute atomic E-state index is 12.1. The Morgan fingerprint density at radius 1 is 1.29 bits per heavy atom. The lowest BCUT2D eigenvalue weighted by atomic mass is 9.68. The lowest BCUT2D eigenvalue weighted by Crippen LogP contribution is -2.34. The van der Waals surface area contributed by atoms with Gasteiger partial charge in [-0.25, -0.2) is 0 Å². The minimum atomic E-state index is -0.362. The topological polar surface area (TPSA) is 34.1 Å². The van der Waals surface area contributed by atoms with Crippen LogP contribution in [0.25, 0.3) is 0 Å². The fourth-order valence-corrected chi connectivity index (χ4v) is 3.38. The molecule has 0 aromatic carbocycles. The number of ketones is 2. The Hall–Kier alpha value is -0.960. The number of Topliss-reactive ketones (excluding diaryl/α,β-unsaturated/α-hetero) is 2. The normalized spacial score (nSPS) is 18.9. The molecule has 0 aliphatic heterocycles. The highest BCUT2D eigenvalue weighted by atomic mass is 32.1. The van der Waals surface area contributed by atoms with E-state index in [2.05, 4.69) is 0 Å². The monoisotopic (exact) mass is 250 g/mol. The van der Waals surface area contributed by atoms with Gasteiger partial charge in [0.05, 0.1) is 4.88 Å². The van der Waals surface area contributed by atoms with E-state index in [1.165, 1.54) is 17.8 Å². The summed E-state index contributed by atoms with van der Waals surface area (Å²) in [5.74, 6) is 0.333. The number of thiophene rings is 1. The largest absolute Gasteiger partial charge is 0.299 e. The van der Waals surface area contributed by atoms with Crippen molar-refractivity contribution in [2.75, 3.05) is 0 Å². The molecule has 2 nitrogen and oxygen atoms in total. The lowest BCUT2D eigenvalue weighted by Gasteiger charge is -2.34. The first-order valence-corrected chi connectivity index (χ1v) is 7.10. The van der Waals surface area contributed by atoms with Crippen molar-refractivity contribution >= 4 is 22.9 Å². The van der Waals surface area contributed by atoms with E-state index in [0.717, 1.165) is 30.6 Å². The van der Waals surface area contributed by atoms with Crippen LogP contribution >= 0.6 is 11.3 Å². The van der Waals surface area contributed by atoms with Gasteiger partial charge in [0.15, 0.2) is 5.78 Å². The molecule has 1 aliphatic rings. The lowest BCUT2D eigenvalue weighted by molar-refractivity contribution is -0.128. The SMILES string of the molecule is CC(=O)C1(CC(=O)c2cccs2)CCCCC1. The fourth-order valence-electron chi connectivity index (χ4n) is 2.71. The van der Waals surface area contributed by atoms with Gasteiger partial charge in [0.1, 0.15) is 5.78 Å². The van der Waals surface area contributed by atoms with E-state index >= 15 is 0 Å². The predicted octanol–water partition coefficient (Wildman–Crippen LogP) is 3.86. The zero-order valence-corrected chi connectivity index (χ0v) is 11.0. The summed E-state index contributed by atoms with van der Waals surface area (Å²) in [6.45, 7) is 1.65. The Labute approximate surface area is 106 Å². The fraction of sp³-hybridized carbons (Fsp3) is 0.571. The highest BCUT2D eigenvalue weighted by Crippen LogP contribution is 2.41. The molecule has 0 amide bonds. The molecule has 1 aliphatic carbocycles. The summed E-state index contributed by atoms with van der Waals surface area (Å²) >= 11 is 1.47. The van der Waals surface area contributed by atoms with E-state index in [4.69, 9.17) is 0 Å². The number of carbonyl (C=O) groups excluding carboxylic acids is 2. The molecule has 0 N–H and O–H groups in total. The van der Waals surface area contributed by atoms with Crippen molar-refractivity contribution in [1.29, 1.82) is 0 Å². The van der Waals surface area contributed by atoms with Crippen molar-refractivity contribution < 1.29 is 9.59 Å². The van der Waals surface area contributed by atoms with Crippen molar-refractivity contribution in [1.82, 2.24) is 0 Å². The van der Waals surface area contributed by atoms with Crippen molar-refractivity contribution in [2.45, 2.75) is 45.4 Å². The van der Waals surface area contributed by atoms with Crippen molar-refractivity contribution in [3.05, 3.63) is 22.4 Å². The zero-order valence-electron chi connectivity index (χ0n) is 10.2. The van der Waals surface area contributed by atoms with Crippen LogP contribution in [0.4, 0.5) is 0 Å². The number of hydrogen-bond donors (Lipinski definition) is 0. The molecule has 1 saturated carbocycles. The molecule has 2 rings (SSSR count). The first-order chi connectivity index (χ1) is 8.14. The molecule has 1 aromatic rings. The Morgan fingerprint density at radius 3 is 2.53 bits per heavy atom. The molecule has 1 fully saturated rings. The van der Waals surface area contributed by atoms with E-state index in [0.29, 0.717) is 6.42 Å². The first kappa shape index (κ1) is 12.5. The third-order valence-electron chi connectivity index (χ3n) is 3.85. The number of carbonyl (C=O) groups is 2. The zero-order chi connectivity index (χ0) is 12.3. The molecule has 1 aromatic heterocycles. The molecule has 0 saturated heterocycles. The maximum Gasteiger partial charge on any atom is 0.173 e. The molecular formula is C14H18O2S. The van der Waals surface area contributed by atoms with Crippen LogP contribution in [-0.2, 0) is 4.79 Å². The van der Waals surface area contributed by atoms with Gasteiger partial charge in [-0.05, 0) is 31.2 Å². The van der Waals surface area contributed by atoms with E-state index in [1.54, 1.807) is 6.92 Å². The smallest absolute Gasteiger partial charge is 0.173 e. The molecule has 1 heterocycles. The third kappa shape index (κ3) is 2.65. The van der Waals surface area contributed by atoms with E-state index in [-0.39, 0.29) is 17.0 Å². The molecule has 92 valence electrons. The Morgan fingerprint density at radius 2 is 2.00 bits per heavy atom. The van der Waals surface area contributed by atoms with E-state index in [9.17, 15) is 9.59 Å². The second-order valence-corrected chi connectivity index (χ2v) is 5.92. The van der Waals surface area contributed by atoms with Gasteiger partial charge >= 0.3 is 0 Å². The van der Waals surface area contributed by atoms with Gasteiger partial charge in [-0.15, -0.1) is 11.3 Å². The van der Waals surface area contributed by atoms with Crippen LogP contribution in [0.3, 0.4) is 0 Å². The maximum atomic E-state index is 12.1. The van der Waals surface area contributed by atoms with E-state index < -0.39 is 0 Å². The summed E-state index contributed by atoms with van der Waals surface area (Å²) in [4.78, 5) is 24.8. The molecule has 0 atom stereocenters. The van der Waals surface area contributed by atoms with E-state index in [1.807, 2.05) is 17.5 Å². The summed E-state index contributed by atoms with van der Waals surface area (Å²) in [6, 6.07) is 3.74. The first-order valence-electron chi connectivity index (χ1n) is 6.22. The van der Waals surface area contributed by atoms with Gasteiger partial charge in [-0.1, -0.05) is 25.3 Å². The summed E-state index contributed by atoms with van der Waals surface area (Å²) in [5.41, 5.74) is -0.362. The minimum absolute atomic E-state index is 0.136. The Bertz CT molecular complexity index is 400. The van der Waals surface area contributed by atoms with Gasteiger partial charge in [0.2, 0.25) is 0 Å². The van der Waals surface area contributed by atoms with Crippen LogP contribution in [-0.4, -0.2) is 11.6 Å². The highest BCUT2D eigenvalue weighted by molar-refractivity contribution is 7.12. The van der Waals surface area contributed by atoms with Crippen LogP contribution in [0.5, 0.6) is 0 Å². The van der Waals surface area contributed by atoms with Gasteiger partial charge in [0.25, 0.3) is 0 Å². The van der Waals surface area contributed by atoms with Crippen molar-refractivity contribution in [3.63, 3.8) is 0 Å². The van der Waals surface area contributed by atoms with Crippen LogP contribution < -0.4 is 0 Å². The standard InChI is InChI=1S/C14H18O2S/c1-11(15)14(7-3-2-4-8-14)10-12(16)13-6-5-9-17-13/h5-6,9H,2-4,7-8,10H2,1H3. The minimum Gasteiger partial charge on any atom is -0.299 e. The van der Waals surface area contributed by atoms with Gasteiger partial charge in [-0.3, -0.25) is 9.59 Å². The quantitative estimate of drug-likeness (QED) is 0.760. The van der Waals surface area contributed by atoms with Crippen LogP contribution in [0.15, 0.2) is 17.5 Å². The molecule has 0 spiro atoms.